The van der Waals surface area contributed by atoms with E-state index in [0.717, 1.165) is 0 Å². The fourth-order valence-electron chi connectivity index (χ4n) is 1.13. The maximum Gasteiger partial charge on any atom is 0.354 e. The number of nitrogens with zero attached hydrogens (tertiary/aromatic N) is 4. The van der Waals surface area contributed by atoms with E-state index in [9.17, 15) is 4.79 Å². The Bertz CT molecular complexity index is 539. The zero-order chi connectivity index (χ0) is 12.3. The first kappa shape index (κ1) is 11.0. The van der Waals surface area contributed by atoms with Crippen molar-refractivity contribution in [3.63, 3.8) is 0 Å². The number of aryl methyl sites for hydroxylation is 1. The second-order valence-electron chi connectivity index (χ2n) is 3.16. The Morgan fingerprint density at radius 2 is 2.35 bits per heavy atom. The minimum absolute atomic E-state index is 0.0794. The summed E-state index contributed by atoms with van der Waals surface area (Å²) in [6.07, 6.45) is 1.36. The van der Waals surface area contributed by atoms with Gasteiger partial charge in [-0.2, -0.15) is 4.98 Å². The first-order valence-electron chi connectivity index (χ1n) is 4.74. The van der Waals surface area contributed by atoms with Gasteiger partial charge in [-0.3, -0.25) is 0 Å². The molecule has 2 heterocycles. The van der Waals surface area contributed by atoms with Crippen LogP contribution in [0.2, 0.25) is 0 Å². The summed E-state index contributed by atoms with van der Waals surface area (Å²) in [5.41, 5.74) is -0.0794. The lowest BCUT2D eigenvalue weighted by molar-refractivity contribution is 0.0690. The predicted molar refractivity (Wildman–Crippen MR) is 55.4 cm³/mol. The van der Waals surface area contributed by atoms with Crippen LogP contribution < -0.4 is 5.32 Å². The van der Waals surface area contributed by atoms with Gasteiger partial charge in [-0.1, -0.05) is 5.16 Å². The molecule has 0 bridgehead atoms. The number of rotatable bonds is 4. The second kappa shape index (κ2) is 4.56. The van der Waals surface area contributed by atoms with Crippen LogP contribution in [0.3, 0.4) is 0 Å². The van der Waals surface area contributed by atoms with Crippen molar-refractivity contribution in [1.82, 2.24) is 20.1 Å². The molecule has 0 fully saturated rings. The summed E-state index contributed by atoms with van der Waals surface area (Å²) < 4.78 is 4.87. The Hall–Kier alpha value is -2.51. The molecule has 17 heavy (non-hydrogen) atoms. The van der Waals surface area contributed by atoms with Crippen LogP contribution in [0, 0.1) is 6.92 Å². The van der Waals surface area contributed by atoms with Gasteiger partial charge in [0.05, 0.1) is 6.54 Å². The van der Waals surface area contributed by atoms with Gasteiger partial charge in [0.25, 0.3) is 0 Å². The number of aromatic carboxylic acids is 1. The van der Waals surface area contributed by atoms with Crippen LogP contribution in [0.5, 0.6) is 0 Å². The van der Waals surface area contributed by atoms with Gasteiger partial charge in [0.1, 0.15) is 0 Å². The average molecular weight is 235 g/mol. The summed E-state index contributed by atoms with van der Waals surface area (Å²) in [5, 5.41) is 15.1. The molecule has 8 heteroatoms. The SMILES string of the molecule is Cc1noc(CNc2nccc(C(=O)O)n2)n1. The van der Waals surface area contributed by atoms with E-state index < -0.39 is 5.97 Å². The summed E-state index contributed by atoms with van der Waals surface area (Å²) in [6, 6.07) is 1.31. The molecule has 0 saturated heterocycles. The molecule has 2 rings (SSSR count). The average Bonchev–Trinajstić information content (AvgIpc) is 2.73. The van der Waals surface area contributed by atoms with Crippen LogP contribution in [0.25, 0.3) is 0 Å². The zero-order valence-corrected chi connectivity index (χ0v) is 8.91. The molecule has 0 radical (unpaired) electrons. The Kier molecular flexibility index (Phi) is 2.95. The van der Waals surface area contributed by atoms with Crippen molar-refractivity contribution < 1.29 is 14.4 Å². The fraction of sp³-hybridized carbons (Fsp3) is 0.222. The van der Waals surface area contributed by atoms with E-state index >= 15 is 0 Å². The van der Waals surface area contributed by atoms with E-state index in [0.29, 0.717) is 11.7 Å². The Labute approximate surface area is 95.7 Å². The minimum atomic E-state index is -1.11. The van der Waals surface area contributed by atoms with Crippen LogP contribution in [-0.2, 0) is 6.54 Å². The van der Waals surface area contributed by atoms with Gasteiger partial charge in [-0.15, -0.1) is 0 Å². The third-order valence-electron chi connectivity index (χ3n) is 1.84. The summed E-state index contributed by atoms with van der Waals surface area (Å²) >= 11 is 0. The number of anilines is 1. The first-order chi connectivity index (χ1) is 8.15. The molecule has 2 aromatic heterocycles. The lowest BCUT2D eigenvalue weighted by Gasteiger charge is -2.01. The maximum atomic E-state index is 10.7. The van der Waals surface area contributed by atoms with Crippen molar-refractivity contribution in [2.75, 3.05) is 5.32 Å². The largest absolute Gasteiger partial charge is 0.477 e. The monoisotopic (exact) mass is 235 g/mol. The van der Waals surface area contributed by atoms with Gasteiger partial charge >= 0.3 is 5.97 Å². The highest BCUT2D eigenvalue weighted by molar-refractivity contribution is 5.85. The summed E-state index contributed by atoms with van der Waals surface area (Å²) in [6.45, 7) is 1.94. The maximum absolute atomic E-state index is 10.7. The molecule has 2 aromatic rings. The molecule has 0 aliphatic heterocycles. The fourth-order valence-corrected chi connectivity index (χ4v) is 1.13. The van der Waals surface area contributed by atoms with Gasteiger partial charge in [-0.05, 0) is 13.0 Å². The van der Waals surface area contributed by atoms with Gasteiger partial charge in [0, 0.05) is 6.20 Å². The number of aromatic nitrogens is 4. The summed E-state index contributed by atoms with van der Waals surface area (Å²) in [7, 11) is 0. The highest BCUT2D eigenvalue weighted by Crippen LogP contribution is 2.03. The first-order valence-corrected chi connectivity index (χ1v) is 4.74. The van der Waals surface area contributed by atoms with E-state index in [4.69, 9.17) is 9.63 Å². The Morgan fingerprint density at radius 1 is 1.53 bits per heavy atom. The van der Waals surface area contributed by atoms with Crippen LogP contribution >= 0.6 is 0 Å². The lowest BCUT2D eigenvalue weighted by Crippen LogP contribution is -2.07. The van der Waals surface area contributed by atoms with Crippen molar-refractivity contribution in [2.45, 2.75) is 13.5 Å². The van der Waals surface area contributed by atoms with E-state index in [2.05, 4.69) is 25.4 Å². The van der Waals surface area contributed by atoms with Crippen molar-refractivity contribution >= 4 is 11.9 Å². The summed E-state index contributed by atoms with van der Waals surface area (Å²) in [5.74, 6) is -0.00123. The Morgan fingerprint density at radius 3 is 3.00 bits per heavy atom. The van der Waals surface area contributed by atoms with E-state index in [-0.39, 0.29) is 18.2 Å². The molecule has 0 unspecified atom stereocenters. The molecule has 0 spiro atoms. The number of carboxylic acids is 1. The lowest BCUT2D eigenvalue weighted by atomic mass is 10.4. The number of hydrogen-bond acceptors (Lipinski definition) is 7. The molecule has 0 amide bonds. The smallest absolute Gasteiger partial charge is 0.354 e. The molecular weight excluding hydrogens is 226 g/mol. The van der Waals surface area contributed by atoms with E-state index in [1.165, 1.54) is 12.3 Å². The van der Waals surface area contributed by atoms with E-state index in [1.807, 2.05) is 0 Å². The highest BCUT2D eigenvalue weighted by atomic mass is 16.5. The zero-order valence-electron chi connectivity index (χ0n) is 8.91. The molecule has 0 aliphatic rings. The minimum Gasteiger partial charge on any atom is -0.477 e. The second-order valence-corrected chi connectivity index (χ2v) is 3.16. The number of carboxylic acid groups (broad SMARTS) is 1. The van der Waals surface area contributed by atoms with Gasteiger partial charge in [0.15, 0.2) is 11.5 Å². The molecule has 0 aliphatic carbocycles. The molecule has 0 atom stereocenters. The molecule has 8 nitrogen and oxygen atoms in total. The van der Waals surface area contributed by atoms with Gasteiger partial charge in [0.2, 0.25) is 11.8 Å². The van der Waals surface area contributed by atoms with E-state index in [1.54, 1.807) is 6.92 Å². The quantitative estimate of drug-likeness (QED) is 0.786. The Balaban J connectivity index is 2.04. The molecule has 88 valence electrons. The molecule has 0 saturated carbocycles. The van der Waals surface area contributed by atoms with Gasteiger partial charge < -0.3 is 14.9 Å². The summed E-state index contributed by atoms with van der Waals surface area (Å²) in [4.78, 5) is 22.3. The number of nitrogens with one attached hydrogen (secondary N) is 1. The highest BCUT2D eigenvalue weighted by Gasteiger charge is 2.07. The van der Waals surface area contributed by atoms with Crippen molar-refractivity contribution in [1.29, 1.82) is 0 Å². The van der Waals surface area contributed by atoms with Gasteiger partial charge in [-0.25, -0.2) is 14.8 Å². The van der Waals surface area contributed by atoms with Crippen molar-refractivity contribution in [2.24, 2.45) is 0 Å². The van der Waals surface area contributed by atoms with Crippen LogP contribution in [0.15, 0.2) is 16.8 Å². The topological polar surface area (TPSA) is 114 Å². The van der Waals surface area contributed by atoms with Crippen molar-refractivity contribution in [3.05, 3.63) is 29.7 Å². The predicted octanol–water partition coefficient (Wildman–Crippen LogP) is 0.478. The molecule has 2 N–H and O–H groups in total. The van der Waals surface area contributed by atoms with Crippen LogP contribution in [0.4, 0.5) is 5.95 Å². The van der Waals surface area contributed by atoms with Crippen LogP contribution in [-0.4, -0.2) is 31.2 Å². The van der Waals surface area contributed by atoms with Crippen molar-refractivity contribution in [3.8, 4) is 0 Å². The third-order valence-corrected chi connectivity index (χ3v) is 1.84. The molecule has 0 aromatic carbocycles. The van der Waals surface area contributed by atoms with Crippen LogP contribution in [0.1, 0.15) is 22.2 Å². The normalized spacial score (nSPS) is 10.2. The number of carbonyl (C=O) groups is 1. The standard InChI is InChI=1S/C9H9N5O3/c1-5-12-7(17-14-5)4-11-9-10-3-2-6(13-9)8(15)16/h2-3H,4H2,1H3,(H,15,16)(H,10,11,13). The number of hydrogen-bond donors (Lipinski definition) is 2. The third kappa shape index (κ3) is 2.74. The molecular formula is C9H9N5O3.